The van der Waals surface area contributed by atoms with Crippen LogP contribution in [0.15, 0.2) is 11.3 Å². The van der Waals surface area contributed by atoms with Crippen molar-refractivity contribution < 1.29 is 34.2 Å². The van der Waals surface area contributed by atoms with Crippen LogP contribution in [-0.4, -0.2) is 68.0 Å². The molecule has 2 heterocycles. The number of carboxylic acid groups (broad SMARTS) is 2. The van der Waals surface area contributed by atoms with Crippen molar-refractivity contribution in [2.45, 2.75) is 50.6 Å². The summed E-state index contributed by atoms with van der Waals surface area (Å²) in [6.07, 6.45) is 0.284. The summed E-state index contributed by atoms with van der Waals surface area (Å²) in [6.45, 7) is 2.86. The molecule has 2 rings (SSSR count). The van der Waals surface area contributed by atoms with E-state index in [1.54, 1.807) is 6.92 Å². The number of carbonyl (C=O) groups is 5. The topological polar surface area (TPSA) is 153 Å². The zero-order valence-corrected chi connectivity index (χ0v) is 15.7. The molecule has 2 aliphatic rings. The summed E-state index contributed by atoms with van der Waals surface area (Å²) in [5.41, 5.74) is 0.563. The molecule has 0 radical (unpaired) electrons. The summed E-state index contributed by atoms with van der Waals surface area (Å²) in [5, 5.41) is 22.7. The van der Waals surface area contributed by atoms with E-state index in [9.17, 15) is 29.1 Å². The normalized spacial score (nSPS) is 22.4. The minimum atomic E-state index is -1.18. The van der Waals surface area contributed by atoms with Gasteiger partial charge in [-0.05, 0) is 25.3 Å². The minimum absolute atomic E-state index is 0.00874. The molecule has 0 aromatic rings. The van der Waals surface area contributed by atoms with E-state index in [-0.39, 0.29) is 25.0 Å². The first kappa shape index (κ1) is 20.7. The number of rotatable bonds is 8. The standard InChI is InChI=1S/C16H21N3O7S/c1-7-6-27-14-11(13(22)19(14)12(7)16(25)26)18-10(21)5-3-4-9(15(23)24)17-8(2)20/h9,11,14H,3-6H2,1-2H3,(H,17,20)(H,18,21)(H,23,24)(H,25,26)/t9-,11?,14-/m1/s1. The van der Waals surface area contributed by atoms with Gasteiger partial charge in [0.2, 0.25) is 11.8 Å². The number of carbonyl (C=O) groups excluding carboxylic acids is 3. The van der Waals surface area contributed by atoms with Crippen LogP contribution < -0.4 is 10.6 Å². The van der Waals surface area contributed by atoms with Crippen molar-refractivity contribution in [3.8, 4) is 0 Å². The van der Waals surface area contributed by atoms with E-state index in [0.29, 0.717) is 11.3 Å². The number of nitrogens with one attached hydrogen (secondary N) is 2. The van der Waals surface area contributed by atoms with Gasteiger partial charge in [0.05, 0.1) is 0 Å². The largest absolute Gasteiger partial charge is 0.480 e. The Kier molecular flexibility index (Phi) is 6.47. The fraction of sp³-hybridized carbons (Fsp3) is 0.562. The molecule has 0 aromatic heterocycles. The van der Waals surface area contributed by atoms with Crippen molar-refractivity contribution in [3.05, 3.63) is 11.3 Å². The predicted molar refractivity (Wildman–Crippen MR) is 94.5 cm³/mol. The van der Waals surface area contributed by atoms with Crippen molar-refractivity contribution in [1.29, 1.82) is 0 Å². The second-order valence-electron chi connectivity index (χ2n) is 6.37. The SMILES string of the molecule is CC(=O)N[C@H](CCCC(=O)NC1C(=O)N2C(C(=O)O)=C(C)CS[C@H]12)C(=O)O. The summed E-state index contributed by atoms with van der Waals surface area (Å²) in [7, 11) is 0. The number of aliphatic carboxylic acids is 2. The number of hydrogen-bond acceptors (Lipinski definition) is 6. The van der Waals surface area contributed by atoms with E-state index in [2.05, 4.69) is 10.6 Å². The van der Waals surface area contributed by atoms with Gasteiger partial charge in [0.25, 0.3) is 5.91 Å². The molecule has 0 aliphatic carbocycles. The predicted octanol–water partition coefficient (Wildman–Crippen LogP) is -0.495. The minimum Gasteiger partial charge on any atom is -0.480 e. The van der Waals surface area contributed by atoms with Crippen molar-refractivity contribution >= 4 is 41.4 Å². The summed E-state index contributed by atoms with van der Waals surface area (Å²) in [6, 6.07) is -1.87. The lowest BCUT2D eigenvalue weighted by Gasteiger charge is -2.49. The van der Waals surface area contributed by atoms with Crippen LogP contribution in [0.2, 0.25) is 0 Å². The van der Waals surface area contributed by atoms with Crippen molar-refractivity contribution in [2.24, 2.45) is 0 Å². The lowest BCUT2D eigenvalue weighted by molar-refractivity contribution is -0.150. The fourth-order valence-corrected chi connectivity index (χ4v) is 4.28. The lowest BCUT2D eigenvalue weighted by Crippen LogP contribution is -2.70. The Bertz CT molecular complexity index is 721. The molecule has 4 N–H and O–H groups in total. The van der Waals surface area contributed by atoms with Crippen LogP contribution >= 0.6 is 11.8 Å². The molecule has 148 valence electrons. The highest BCUT2D eigenvalue weighted by Crippen LogP contribution is 2.40. The number of carboxylic acids is 2. The quantitative estimate of drug-likeness (QED) is 0.399. The Labute approximate surface area is 159 Å². The molecule has 1 saturated heterocycles. The summed E-state index contributed by atoms with van der Waals surface area (Å²) < 4.78 is 0. The fourth-order valence-electron chi connectivity index (χ4n) is 2.99. The van der Waals surface area contributed by atoms with Crippen molar-refractivity contribution in [2.75, 3.05) is 5.75 Å². The number of β-lactam (4-membered cyclic amide) rings is 1. The van der Waals surface area contributed by atoms with Crippen LogP contribution in [0.25, 0.3) is 0 Å². The molecule has 27 heavy (non-hydrogen) atoms. The average molecular weight is 399 g/mol. The summed E-state index contributed by atoms with van der Waals surface area (Å²) in [4.78, 5) is 58.9. The Morgan fingerprint density at radius 1 is 1.30 bits per heavy atom. The van der Waals surface area contributed by atoms with Crippen molar-refractivity contribution in [1.82, 2.24) is 15.5 Å². The molecule has 0 bridgehead atoms. The smallest absolute Gasteiger partial charge is 0.352 e. The van der Waals surface area contributed by atoms with Crippen LogP contribution in [0.1, 0.15) is 33.1 Å². The maximum Gasteiger partial charge on any atom is 0.352 e. The third kappa shape index (κ3) is 4.59. The number of thioether (sulfide) groups is 1. The lowest BCUT2D eigenvalue weighted by atomic mass is 10.0. The molecule has 1 unspecified atom stereocenters. The van der Waals surface area contributed by atoms with E-state index in [1.165, 1.54) is 23.6 Å². The van der Waals surface area contributed by atoms with E-state index >= 15 is 0 Å². The molecule has 1 fully saturated rings. The number of amides is 3. The van der Waals surface area contributed by atoms with Gasteiger partial charge in [0.1, 0.15) is 23.2 Å². The van der Waals surface area contributed by atoms with Crippen LogP contribution in [0.5, 0.6) is 0 Å². The number of hydrogen-bond donors (Lipinski definition) is 4. The second kappa shape index (κ2) is 8.42. The molecule has 0 spiro atoms. The molecule has 10 nitrogen and oxygen atoms in total. The maximum absolute atomic E-state index is 12.3. The number of fused-ring (bicyclic) bond motifs is 1. The molecule has 3 amide bonds. The van der Waals surface area contributed by atoms with E-state index in [4.69, 9.17) is 5.11 Å². The molecule has 11 heteroatoms. The van der Waals surface area contributed by atoms with E-state index in [0.717, 1.165) is 0 Å². The van der Waals surface area contributed by atoms with Gasteiger partial charge in [-0.3, -0.25) is 19.3 Å². The summed E-state index contributed by atoms with van der Waals surface area (Å²) >= 11 is 1.38. The Hall–Kier alpha value is -2.56. The second-order valence-corrected chi connectivity index (χ2v) is 7.48. The van der Waals surface area contributed by atoms with Crippen LogP contribution in [0.3, 0.4) is 0 Å². The first-order chi connectivity index (χ1) is 12.6. The van der Waals surface area contributed by atoms with Gasteiger partial charge in [-0.25, -0.2) is 9.59 Å². The Morgan fingerprint density at radius 3 is 2.52 bits per heavy atom. The first-order valence-corrected chi connectivity index (χ1v) is 9.35. The average Bonchev–Trinajstić information content (AvgIpc) is 2.57. The molecule has 0 saturated carbocycles. The van der Waals surface area contributed by atoms with Gasteiger partial charge >= 0.3 is 11.9 Å². The van der Waals surface area contributed by atoms with Gasteiger partial charge in [0.15, 0.2) is 0 Å². The van der Waals surface area contributed by atoms with Gasteiger partial charge in [-0.2, -0.15) is 0 Å². The van der Waals surface area contributed by atoms with Gasteiger partial charge < -0.3 is 20.8 Å². The van der Waals surface area contributed by atoms with E-state index in [1.807, 2.05) is 0 Å². The maximum atomic E-state index is 12.3. The highest BCUT2D eigenvalue weighted by atomic mass is 32.2. The van der Waals surface area contributed by atoms with Crippen LogP contribution in [0, 0.1) is 0 Å². The summed E-state index contributed by atoms with van der Waals surface area (Å²) in [5.74, 6) is -3.27. The van der Waals surface area contributed by atoms with Crippen LogP contribution in [0.4, 0.5) is 0 Å². The van der Waals surface area contributed by atoms with E-state index < -0.39 is 47.1 Å². The highest BCUT2D eigenvalue weighted by molar-refractivity contribution is 8.00. The molecular formula is C16H21N3O7S. The molecule has 3 atom stereocenters. The van der Waals surface area contributed by atoms with Gasteiger partial charge in [0, 0.05) is 19.1 Å². The van der Waals surface area contributed by atoms with Gasteiger partial charge in [-0.1, -0.05) is 0 Å². The molecular weight excluding hydrogens is 378 g/mol. The van der Waals surface area contributed by atoms with Crippen molar-refractivity contribution in [3.63, 3.8) is 0 Å². The van der Waals surface area contributed by atoms with Gasteiger partial charge in [-0.15, -0.1) is 11.8 Å². The first-order valence-electron chi connectivity index (χ1n) is 8.30. The Balaban J connectivity index is 1.86. The molecule has 0 aromatic carbocycles. The number of nitrogens with zero attached hydrogens (tertiary/aromatic N) is 1. The zero-order valence-electron chi connectivity index (χ0n) is 14.9. The molecule has 2 aliphatic heterocycles. The third-order valence-electron chi connectivity index (χ3n) is 4.25. The third-order valence-corrected chi connectivity index (χ3v) is 5.67. The Morgan fingerprint density at radius 2 is 1.96 bits per heavy atom. The zero-order chi connectivity index (χ0) is 20.3. The monoisotopic (exact) mass is 399 g/mol. The van der Waals surface area contributed by atoms with Crippen LogP contribution in [-0.2, 0) is 24.0 Å². The highest BCUT2D eigenvalue weighted by Gasteiger charge is 2.53.